The Morgan fingerprint density at radius 1 is 0.169 bits per heavy atom. The van der Waals surface area contributed by atoms with Crippen molar-refractivity contribution in [3.63, 3.8) is 0 Å². The third-order valence-corrected chi connectivity index (χ3v) is 15.9. The van der Waals surface area contributed by atoms with E-state index < -0.39 is 0 Å². The number of benzene rings is 10. The summed E-state index contributed by atoms with van der Waals surface area (Å²) in [6.45, 7) is 0. The zero-order chi connectivity index (χ0) is 52.6. The number of fused-ring (bicyclic) bond motifs is 4. The van der Waals surface area contributed by atoms with Crippen LogP contribution in [0.25, 0.3) is 73.7 Å². The Bertz CT molecular complexity index is 3400. The van der Waals surface area contributed by atoms with Gasteiger partial charge in [0.2, 0.25) is 0 Å². The lowest BCUT2D eigenvalue weighted by Gasteiger charge is -2.03. The first-order valence-electron chi connectivity index (χ1n) is 25.2. The van der Waals surface area contributed by atoms with Gasteiger partial charge in [0.25, 0.3) is 0 Å². The van der Waals surface area contributed by atoms with Crippen molar-refractivity contribution in [2.24, 2.45) is 0 Å². The van der Waals surface area contributed by atoms with Crippen LogP contribution >= 0.6 is 56.7 Å². The summed E-state index contributed by atoms with van der Waals surface area (Å²) in [6.07, 6.45) is 0. The van der Waals surface area contributed by atoms with Crippen molar-refractivity contribution in [1.29, 1.82) is 0 Å². The van der Waals surface area contributed by atoms with Gasteiger partial charge in [0, 0.05) is 19.5 Å². The van der Waals surface area contributed by atoms with E-state index in [1.54, 1.807) is 56.7 Å². The maximum atomic E-state index is 2.19. The van der Waals surface area contributed by atoms with E-state index in [-0.39, 0.29) is 0 Å². The van der Waals surface area contributed by atoms with Crippen LogP contribution in [0.2, 0.25) is 0 Å². The molecule has 0 radical (unpaired) electrons. The first-order chi connectivity index (χ1) is 38.3. The van der Waals surface area contributed by atoms with E-state index in [1.807, 2.05) is 65.4 Å². The molecule has 0 atom stereocenters. The summed E-state index contributed by atoms with van der Waals surface area (Å²) in [5.41, 5.74) is 2.64. The second-order valence-electron chi connectivity index (χ2n) is 16.8. The van der Waals surface area contributed by atoms with Crippen LogP contribution in [0.15, 0.2) is 348 Å². The van der Waals surface area contributed by atoms with Crippen molar-refractivity contribution in [2.45, 2.75) is 0 Å². The summed E-state index contributed by atoms with van der Waals surface area (Å²) >= 11 is 8.86. The highest BCUT2D eigenvalue weighted by Crippen LogP contribution is 2.32. The van der Waals surface area contributed by atoms with Crippen molar-refractivity contribution in [2.75, 3.05) is 0 Å². The van der Waals surface area contributed by atoms with Gasteiger partial charge < -0.3 is 0 Å². The highest BCUT2D eigenvalue weighted by atomic mass is 32.1. The molecule has 0 fully saturated rings. The number of hydrogen-bond donors (Lipinski definition) is 0. The summed E-state index contributed by atoms with van der Waals surface area (Å²) in [7, 11) is 0. The average molecular weight is 1080 g/mol. The first-order valence-corrected chi connectivity index (χ1v) is 29.7. The van der Waals surface area contributed by atoms with Crippen molar-refractivity contribution in [3.8, 4) is 30.6 Å². The van der Waals surface area contributed by atoms with Gasteiger partial charge >= 0.3 is 0 Å². The number of rotatable bonds is 3. The van der Waals surface area contributed by atoms with E-state index in [9.17, 15) is 0 Å². The normalized spacial score (nSPS) is 9.82. The zero-order valence-electron chi connectivity index (χ0n) is 42.5. The average Bonchev–Trinajstić information content (AvgIpc) is 4.40. The second kappa shape index (κ2) is 32.2. The van der Waals surface area contributed by atoms with E-state index in [2.05, 4.69) is 282 Å². The van der Waals surface area contributed by atoms with E-state index in [0.717, 1.165) is 0 Å². The molecule has 0 saturated carbocycles. The molecule has 0 N–H and O–H groups in total. The molecule has 0 amide bonds. The maximum Gasteiger partial charge on any atom is 0.0442 e. The molecule has 0 unspecified atom stereocenters. The van der Waals surface area contributed by atoms with Crippen molar-refractivity contribution in [3.05, 3.63) is 348 Å². The minimum absolute atomic E-state index is 1.31. The molecular formula is C72H58S5. The van der Waals surface area contributed by atoms with E-state index in [1.165, 1.54) is 73.7 Å². The molecule has 0 aliphatic rings. The van der Waals surface area contributed by atoms with E-state index in [4.69, 9.17) is 0 Å². The van der Waals surface area contributed by atoms with Crippen LogP contribution in [0, 0.1) is 0 Å². The van der Waals surface area contributed by atoms with Crippen LogP contribution in [0.1, 0.15) is 0 Å². The van der Waals surface area contributed by atoms with Gasteiger partial charge in [-0.25, -0.2) is 0 Å². The first kappa shape index (κ1) is 55.0. The van der Waals surface area contributed by atoms with Crippen molar-refractivity contribution in [1.82, 2.24) is 0 Å². The second-order valence-corrected chi connectivity index (χ2v) is 21.4. The van der Waals surface area contributed by atoms with Gasteiger partial charge in [-0.15, -0.1) is 45.3 Å². The Kier molecular flexibility index (Phi) is 23.0. The van der Waals surface area contributed by atoms with Gasteiger partial charge in [-0.2, -0.15) is 11.3 Å². The van der Waals surface area contributed by atoms with Gasteiger partial charge in [0.1, 0.15) is 0 Å². The minimum atomic E-state index is 1.31. The molecule has 77 heavy (non-hydrogen) atoms. The van der Waals surface area contributed by atoms with Gasteiger partial charge in [0.15, 0.2) is 0 Å². The fourth-order valence-electron chi connectivity index (χ4n) is 7.77. The standard InChI is InChI=1S/C14H10S.C10H8S.3C10H8.C8H6S2.C6H6.C4H4S/c1-2-7-12-11(5-1)6-3-8-13(12)14-9-4-10-15-14;1-2-5-9(6-3-1)10-7-4-8-11-10;3*1-2-6-10-8-4-3-7-9(10)5-1;1-3-7(9-5-1)8-4-2-6-10-8;1-2-4-6-5-3-1;1-2-4-5-3-1/h1-10H;1-8H;3*1-8H;1-6H;1-6H;1-4H. The molecule has 5 aromatic heterocycles. The summed E-state index contributed by atoms with van der Waals surface area (Å²) in [4.78, 5) is 5.42. The molecule has 5 heteroatoms. The van der Waals surface area contributed by atoms with Crippen molar-refractivity contribution < 1.29 is 0 Å². The molecule has 0 nitrogen and oxygen atoms in total. The van der Waals surface area contributed by atoms with Crippen LogP contribution in [-0.2, 0) is 0 Å². The van der Waals surface area contributed by atoms with E-state index >= 15 is 0 Å². The van der Waals surface area contributed by atoms with Crippen LogP contribution in [0.5, 0.6) is 0 Å². The SMILES string of the molecule is c1ccc(-c2cccs2)cc1.c1ccc2ccccc2c1.c1ccc2ccccc2c1.c1ccc2ccccc2c1.c1ccccc1.c1ccsc1.c1csc(-c2cccc3ccccc23)c1.c1csc(-c2cccs2)c1. The molecule has 0 aliphatic heterocycles. The lowest BCUT2D eigenvalue weighted by atomic mass is 10.0. The maximum absolute atomic E-state index is 2.19. The Hall–Kier alpha value is -8.26. The highest BCUT2D eigenvalue weighted by molar-refractivity contribution is 7.20. The largest absolute Gasteiger partial charge is 0.152 e. The lowest BCUT2D eigenvalue weighted by Crippen LogP contribution is -1.76. The molecule has 0 saturated heterocycles. The van der Waals surface area contributed by atoms with Gasteiger partial charge in [-0.05, 0) is 111 Å². The Morgan fingerprint density at radius 3 is 0.779 bits per heavy atom. The molecule has 0 spiro atoms. The lowest BCUT2D eigenvalue weighted by molar-refractivity contribution is 1.70. The molecule has 5 heterocycles. The topological polar surface area (TPSA) is 0 Å². The monoisotopic (exact) mass is 1080 g/mol. The molecule has 0 aliphatic carbocycles. The van der Waals surface area contributed by atoms with Crippen LogP contribution in [0.4, 0.5) is 0 Å². The summed E-state index contributed by atoms with van der Waals surface area (Å²) in [6, 6.07) is 109. The van der Waals surface area contributed by atoms with Crippen LogP contribution in [0.3, 0.4) is 0 Å². The third-order valence-electron chi connectivity index (χ3n) is 11.5. The Labute approximate surface area is 474 Å². The molecule has 15 aromatic rings. The minimum Gasteiger partial charge on any atom is -0.152 e. The predicted octanol–water partition coefficient (Wildman–Crippen LogP) is 23.4. The summed E-state index contributed by atoms with van der Waals surface area (Å²) in [5, 5.41) is 23.0. The molecule has 376 valence electrons. The highest BCUT2D eigenvalue weighted by Gasteiger charge is 2.03. The quantitative estimate of drug-likeness (QED) is 0.165. The van der Waals surface area contributed by atoms with Crippen LogP contribution < -0.4 is 0 Å². The summed E-state index contributed by atoms with van der Waals surface area (Å²) in [5.74, 6) is 0. The van der Waals surface area contributed by atoms with E-state index in [0.29, 0.717) is 0 Å². The fourth-order valence-corrected chi connectivity index (χ4v) is 11.3. The molecular weight excluding hydrogens is 1030 g/mol. The molecule has 0 bridgehead atoms. The van der Waals surface area contributed by atoms with Gasteiger partial charge in [-0.3, -0.25) is 0 Å². The molecule has 10 aromatic carbocycles. The number of thiophene rings is 5. The third kappa shape index (κ3) is 18.5. The zero-order valence-corrected chi connectivity index (χ0v) is 46.6. The number of hydrogen-bond acceptors (Lipinski definition) is 5. The Balaban J connectivity index is 0.000000118. The fraction of sp³-hybridized carbons (Fsp3) is 0. The predicted molar refractivity (Wildman–Crippen MR) is 347 cm³/mol. The Morgan fingerprint density at radius 2 is 0.455 bits per heavy atom. The van der Waals surface area contributed by atoms with Gasteiger partial charge in [0.05, 0.1) is 0 Å². The summed E-state index contributed by atoms with van der Waals surface area (Å²) < 4.78 is 0. The smallest absolute Gasteiger partial charge is 0.0442 e. The van der Waals surface area contributed by atoms with Crippen LogP contribution in [-0.4, -0.2) is 0 Å². The van der Waals surface area contributed by atoms with Crippen molar-refractivity contribution >= 4 is 99.8 Å². The molecule has 15 rings (SSSR count). The van der Waals surface area contributed by atoms with Gasteiger partial charge in [-0.1, -0.05) is 291 Å².